The molecule has 1 aromatic heterocycles. The molecular formula is C15H14IN3O. The van der Waals surface area contributed by atoms with E-state index in [1.165, 1.54) is 3.57 Å². The number of carbonyl (C=O) groups is 1. The lowest BCUT2D eigenvalue weighted by Crippen LogP contribution is -2.06. The zero-order valence-electron chi connectivity index (χ0n) is 10.9. The first-order valence-electron chi connectivity index (χ1n) is 6.64. The number of anilines is 2. The number of hydrogen-bond acceptors (Lipinski definition) is 4. The summed E-state index contributed by atoms with van der Waals surface area (Å²) >= 11 is 2.27. The fraction of sp³-hybridized carbons (Fsp3) is 0.267. The second-order valence-electron chi connectivity index (χ2n) is 4.82. The third-order valence-electron chi connectivity index (χ3n) is 3.34. The molecule has 0 fully saturated rings. The molecular weight excluding hydrogens is 365 g/mol. The van der Waals surface area contributed by atoms with Gasteiger partial charge in [-0.2, -0.15) is 0 Å². The van der Waals surface area contributed by atoms with E-state index < -0.39 is 0 Å². The molecule has 0 atom stereocenters. The lowest BCUT2D eigenvalue weighted by Gasteiger charge is -2.08. The monoisotopic (exact) mass is 379 g/mol. The number of nitrogens with zero attached hydrogens (tertiary/aromatic N) is 2. The number of fused-ring (bicyclic) bond motifs is 1. The van der Waals surface area contributed by atoms with Crippen LogP contribution in [-0.2, 0) is 6.42 Å². The maximum atomic E-state index is 11.9. The molecule has 20 heavy (non-hydrogen) atoms. The highest BCUT2D eigenvalue weighted by molar-refractivity contribution is 14.1. The molecule has 0 saturated carbocycles. The lowest BCUT2D eigenvalue weighted by atomic mass is 10.1. The van der Waals surface area contributed by atoms with Crippen molar-refractivity contribution >= 4 is 40.0 Å². The van der Waals surface area contributed by atoms with Crippen molar-refractivity contribution in [3.8, 4) is 0 Å². The van der Waals surface area contributed by atoms with Gasteiger partial charge in [-0.1, -0.05) is 0 Å². The van der Waals surface area contributed by atoms with Gasteiger partial charge in [-0.05, 0) is 66.1 Å². The van der Waals surface area contributed by atoms with Crippen LogP contribution in [-0.4, -0.2) is 15.8 Å². The molecule has 2 aromatic rings. The highest BCUT2D eigenvalue weighted by atomic mass is 127. The van der Waals surface area contributed by atoms with E-state index in [1.807, 2.05) is 24.3 Å². The summed E-state index contributed by atoms with van der Waals surface area (Å²) in [7, 11) is 0. The van der Waals surface area contributed by atoms with Crippen molar-refractivity contribution < 1.29 is 4.79 Å². The van der Waals surface area contributed by atoms with Crippen LogP contribution in [0.2, 0.25) is 0 Å². The third-order valence-corrected chi connectivity index (χ3v) is 4.06. The fourth-order valence-electron chi connectivity index (χ4n) is 2.28. The minimum absolute atomic E-state index is 0.165. The van der Waals surface area contributed by atoms with Gasteiger partial charge in [0.1, 0.15) is 0 Å². The molecule has 0 radical (unpaired) electrons. The Morgan fingerprint density at radius 1 is 1.10 bits per heavy atom. The van der Waals surface area contributed by atoms with Gasteiger partial charge >= 0.3 is 0 Å². The number of halogens is 1. The quantitative estimate of drug-likeness (QED) is 0.638. The van der Waals surface area contributed by atoms with Crippen molar-refractivity contribution in [2.45, 2.75) is 25.7 Å². The van der Waals surface area contributed by atoms with E-state index in [0.717, 1.165) is 30.6 Å². The van der Waals surface area contributed by atoms with E-state index in [2.05, 4.69) is 37.9 Å². The predicted octanol–water partition coefficient (Wildman–Crippen LogP) is 3.73. The summed E-state index contributed by atoms with van der Waals surface area (Å²) in [6.45, 7) is 0. The predicted molar refractivity (Wildman–Crippen MR) is 86.4 cm³/mol. The van der Waals surface area contributed by atoms with Crippen LogP contribution in [0, 0.1) is 3.57 Å². The Labute approximate surface area is 131 Å². The molecule has 1 aliphatic carbocycles. The van der Waals surface area contributed by atoms with Crippen LogP contribution in [0.15, 0.2) is 30.5 Å². The molecule has 0 spiro atoms. The number of Topliss-reactive ketones (excluding diaryl/α,β-unsaturated/α-hetero) is 1. The minimum atomic E-state index is 0.165. The number of aryl methyl sites for hydroxylation is 1. The molecule has 3 rings (SSSR count). The van der Waals surface area contributed by atoms with Gasteiger partial charge in [-0.15, -0.1) is 0 Å². The first kappa shape index (κ1) is 13.5. The van der Waals surface area contributed by atoms with Crippen LogP contribution >= 0.6 is 22.6 Å². The molecule has 0 saturated heterocycles. The highest BCUT2D eigenvalue weighted by Crippen LogP contribution is 2.21. The molecule has 0 aliphatic heterocycles. The molecule has 0 bridgehead atoms. The summed E-state index contributed by atoms with van der Waals surface area (Å²) in [5.41, 5.74) is 2.51. The maximum absolute atomic E-state index is 11.9. The normalized spacial score (nSPS) is 14.6. The number of carbonyl (C=O) groups excluding carboxylic acids is 1. The van der Waals surface area contributed by atoms with Gasteiger partial charge in [-0.25, -0.2) is 9.97 Å². The van der Waals surface area contributed by atoms with Crippen LogP contribution in [0.5, 0.6) is 0 Å². The second kappa shape index (κ2) is 5.87. The molecule has 1 N–H and O–H groups in total. The van der Waals surface area contributed by atoms with E-state index >= 15 is 0 Å². The van der Waals surface area contributed by atoms with Crippen molar-refractivity contribution in [3.63, 3.8) is 0 Å². The van der Waals surface area contributed by atoms with Crippen molar-refractivity contribution in [1.29, 1.82) is 0 Å². The number of hydrogen-bond donors (Lipinski definition) is 1. The molecule has 0 unspecified atom stereocenters. The Kier molecular flexibility index (Phi) is 3.95. The molecule has 1 aliphatic rings. The number of nitrogens with one attached hydrogen (secondary N) is 1. The Balaban J connectivity index is 1.86. The van der Waals surface area contributed by atoms with E-state index in [0.29, 0.717) is 17.9 Å². The number of rotatable bonds is 2. The van der Waals surface area contributed by atoms with Crippen molar-refractivity contribution in [2.75, 3.05) is 5.32 Å². The van der Waals surface area contributed by atoms with Crippen LogP contribution in [0.25, 0.3) is 0 Å². The van der Waals surface area contributed by atoms with E-state index in [-0.39, 0.29) is 5.78 Å². The minimum Gasteiger partial charge on any atom is -0.324 e. The topological polar surface area (TPSA) is 54.9 Å². The van der Waals surface area contributed by atoms with Gasteiger partial charge in [-0.3, -0.25) is 4.79 Å². The Bertz CT molecular complexity index is 640. The average molecular weight is 379 g/mol. The first-order chi connectivity index (χ1) is 9.72. The van der Waals surface area contributed by atoms with Gasteiger partial charge < -0.3 is 5.32 Å². The van der Waals surface area contributed by atoms with Crippen molar-refractivity contribution in [1.82, 2.24) is 9.97 Å². The zero-order chi connectivity index (χ0) is 13.9. The largest absolute Gasteiger partial charge is 0.324 e. The van der Waals surface area contributed by atoms with Crippen molar-refractivity contribution in [2.24, 2.45) is 0 Å². The fourth-order valence-corrected chi connectivity index (χ4v) is 2.64. The summed E-state index contributed by atoms with van der Waals surface area (Å²) in [6.07, 6.45) is 5.07. The van der Waals surface area contributed by atoms with Gasteiger partial charge in [0.05, 0.1) is 11.3 Å². The number of ketones is 1. The number of benzene rings is 1. The van der Waals surface area contributed by atoms with Crippen LogP contribution in [0.4, 0.5) is 11.6 Å². The van der Waals surface area contributed by atoms with Gasteiger partial charge in [0.25, 0.3) is 0 Å². The van der Waals surface area contributed by atoms with Crippen molar-refractivity contribution in [3.05, 3.63) is 45.3 Å². The molecule has 102 valence electrons. The number of aromatic nitrogens is 2. The molecule has 0 amide bonds. The van der Waals surface area contributed by atoms with Gasteiger partial charge in [0, 0.05) is 21.9 Å². The standard InChI is InChI=1S/C15H14IN3O/c16-10-5-7-11(8-6-10)18-15-17-9-12-13(19-15)3-1-2-4-14(12)20/h5-9H,1-4H2,(H,17,18,19). The Hall–Kier alpha value is -1.50. The Morgan fingerprint density at radius 2 is 1.85 bits per heavy atom. The summed E-state index contributed by atoms with van der Waals surface area (Å²) in [4.78, 5) is 20.7. The SMILES string of the molecule is O=C1CCCCc2nc(Nc3ccc(I)cc3)ncc21. The van der Waals surface area contributed by atoms with E-state index in [9.17, 15) is 4.79 Å². The summed E-state index contributed by atoms with van der Waals surface area (Å²) in [5.74, 6) is 0.720. The first-order valence-corrected chi connectivity index (χ1v) is 7.72. The van der Waals surface area contributed by atoms with Gasteiger partial charge in [0.15, 0.2) is 5.78 Å². The van der Waals surface area contributed by atoms with Crippen LogP contribution in [0.3, 0.4) is 0 Å². The average Bonchev–Trinajstić information content (AvgIpc) is 2.63. The zero-order valence-corrected chi connectivity index (χ0v) is 13.1. The molecule has 4 nitrogen and oxygen atoms in total. The summed E-state index contributed by atoms with van der Waals surface area (Å²) in [6, 6.07) is 8.02. The molecule has 1 heterocycles. The molecule has 5 heteroatoms. The van der Waals surface area contributed by atoms with Gasteiger partial charge in [0.2, 0.25) is 5.95 Å². The lowest BCUT2D eigenvalue weighted by molar-refractivity contribution is 0.0981. The van der Waals surface area contributed by atoms with Crippen LogP contribution in [0.1, 0.15) is 35.3 Å². The second-order valence-corrected chi connectivity index (χ2v) is 6.06. The molecule has 1 aromatic carbocycles. The highest BCUT2D eigenvalue weighted by Gasteiger charge is 2.17. The van der Waals surface area contributed by atoms with E-state index in [4.69, 9.17) is 0 Å². The summed E-state index contributed by atoms with van der Waals surface area (Å²) < 4.78 is 1.18. The smallest absolute Gasteiger partial charge is 0.227 e. The van der Waals surface area contributed by atoms with E-state index in [1.54, 1.807) is 6.20 Å². The van der Waals surface area contributed by atoms with Crippen LogP contribution < -0.4 is 5.32 Å². The Morgan fingerprint density at radius 3 is 2.65 bits per heavy atom. The third kappa shape index (κ3) is 2.98. The summed E-state index contributed by atoms with van der Waals surface area (Å²) in [5, 5.41) is 3.18. The maximum Gasteiger partial charge on any atom is 0.227 e.